The van der Waals surface area contributed by atoms with Gasteiger partial charge in [-0.05, 0) is 24.1 Å². The van der Waals surface area contributed by atoms with Crippen molar-refractivity contribution in [2.75, 3.05) is 11.6 Å². The highest BCUT2D eigenvalue weighted by molar-refractivity contribution is 8.00. The highest BCUT2D eigenvalue weighted by Gasteiger charge is 2.39. The standard InChI is InChI=1S/C23H25N3O3S3/c1-2-6-17-9-11-20(12-10-17)32(28,29)26-16-30-15-21(26)22(27)24-13-19-14-31-23(25-19)18-7-4-3-5-8-18/h3-5,7-12,14,21H,2,6,13,15-16H2,1H3,(H,24,27). The number of amides is 1. The van der Waals surface area contributed by atoms with E-state index in [1.54, 1.807) is 12.1 Å². The van der Waals surface area contributed by atoms with E-state index in [0.29, 0.717) is 5.75 Å². The first-order valence-corrected chi connectivity index (χ1v) is 13.9. The normalized spacial score (nSPS) is 16.8. The van der Waals surface area contributed by atoms with E-state index in [2.05, 4.69) is 17.2 Å². The van der Waals surface area contributed by atoms with Gasteiger partial charge in [0.05, 0.1) is 23.0 Å². The second kappa shape index (κ2) is 10.2. The fourth-order valence-corrected chi connectivity index (χ4v) is 7.49. The summed E-state index contributed by atoms with van der Waals surface area (Å²) in [5.41, 5.74) is 2.90. The average Bonchev–Trinajstić information content (AvgIpc) is 3.49. The fraction of sp³-hybridized carbons (Fsp3) is 0.304. The maximum Gasteiger partial charge on any atom is 0.244 e. The summed E-state index contributed by atoms with van der Waals surface area (Å²) in [6.07, 6.45) is 1.91. The topological polar surface area (TPSA) is 79.4 Å². The van der Waals surface area contributed by atoms with Crippen molar-refractivity contribution >= 4 is 39.0 Å². The predicted octanol–water partition coefficient (Wildman–Crippen LogP) is 4.14. The number of thiazole rings is 1. The van der Waals surface area contributed by atoms with E-state index in [1.807, 2.05) is 47.8 Å². The number of thioether (sulfide) groups is 1. The summed E-state index contributed by atoms with van der Waals surface area (Å²) >= 11 is 2.97. The molecule has 1 aliphatic heterocycles. The Bertz CT molecular complexity index is 1160. The lowest BCUT2D eigenvalue weighted by atomic mass is 10.1. The van der Waals surface area contributed by atoms with Crippen LogP contribution in [0.3, 0.4) is 0 Å². The smallest absolute Gasteiger partial charge is 0.244 e. The van der Waals surface area contributed by atoms with E-state index in [9.17, 15) is 13.2 Å². The Morgan fingerprint density at radius 3 is 2.62 bits per heavy atom. The molecule has 0 radical (unpaired) electrons. The van der Waals surface area contributed by atoms with Crippen molar-refractivity contribution in [3.63, 3.8) is 0 Å². The van der Waals surface area contributed by atoms with Gasteiger partial charge in [0.25, 0.3) is 0 Å². The van der Waals surface area contributed by atoms with Gasteiger partial charge in [-0.2, -0.15) is 4.31 Å². The molecule has 32 heavy (non-hydrogen) atoms. The van der Waals surface area contributed by atoms with Crippen molar-refractivity contribution in [1.82, 2.24) is 14.6 Å². The summed E-state index contributed by atoms with van der Waals surface area (Å²) in [6, 6.07) is 16.1. The van der Waals surface area contributed by atoms with Crippen LogP contribution in [0.2, 0.25) is 0 Å². The highest BCUT2D eigenvalue weighted by Crippen LogP contribution is 2.29. The molecule has 1 amide bonds. The van der Waals surface area contributed by atoms with E-state index in [0.717, 1.165) is 34.7 Å². The molecule has 1 saturated heterocycles. The molecule has 0 bridgehead atoms. The zero-order chi connectivity index (χ0) is 22.6. The van der Waals surface area contributed by atoms with E-state index < -0.39 is 16.1 Å². The quantitative estimate of drug-likeness (QED) is 0.517. The number of hydrogen-bond donors (Lipinski definition) is 1. The Hall–Kier alpha value is -2.20. The third-order valence-corrected chi connectivity index (χ3v) is 9.21. The number of nitrogens with one attached hydrogen (secondary N) is 1. The molecular weight excluding hydrogens is 462 g/mol. The van der Waals surface area contributed by atoms with E-state index in [4.69, 9.17) is 0 Å². The maximum absolute atomic E-state index is 13.2. The van der Waals surface area contributed by atoms with E-state index >= 15 is 0 Å². The van der Waals surface area contributed by atoms with Crippen LogP contribution in [0.1, 0.15) is 24.6 Å². The molecule has 6 nitrogen and oxygen atoms in total. The molecule has 1 atom stereocenters. The van der Waals surface area contributed by atoms with Gasteiger partial charge in [-0.25, -0.2) is 13.4 Å². The van der Waals surface area contributed by atoms with Crippen LogP contribution in [-0.4, -0.2) is 41.3 Å². The first-order chi connectivity index (χ1) is 15.5. The first-order valence-electron chi connectivity index (χ1n) is 10.4. The van der Waals surface area contributed by atoms with Gasteiger partial charge in [-0.1, -0.05) is 55.8 Å². The van der Waals surface area contributed by atoms with Gasteiger partial charge in [-0.15, -0.1) is 23.1 Å². The van der Waals surface area contributed by atoms with Crippen molar-refractivity contribution in [2.45, 2.75) is 37.2 Å². The monoisotopic (exact) mass is 487 g/mol. The molecule has 1 fully saturated rings. The van der Waals surface area contributed by atoms with Crippen molar-refractivity contribution in [2.24, 2.45) is 0 Å². The van der Waals surface area contributed by atoms with Crippen LogP contribution in [0.5, 0.6) is 0 Å². The average molecular weight is 488 g/mol. The van der Waals surface area contributed by atoms with Gasteiger partial charge in [0, 0.05) is 16.7 Å². The van der Waals surface area contributed by atoms with Gasteiger partial charge in [0.15, 0.2) is 0 Å². The highest BCUT2D eigenvalue weighted by atomic mass is 32.2. The third kappa shape index (κ3) is 5.06. The van der Waals surface area contributed by atoms with Crippen LogP contribution in [0.4, 0.5) is 0 Å². The Labute approximate surface area is 197 Å². The van der Waals surface area contributed by atoms with Gasteiger partial charge in [0.2, 0.25) is 15.9 Å². The molecule has 0 saturated carbocycles. The summed E-state index contributed by atoms with van der Waals surface area (Å²) in [5.74, 6) is 0.410. The lowest BCUT2D eigenvalue weighted by molar-refractivity contribution is -0.124. The van der Waals surface area contributed by atoms with E-state index in [-0.39, 0.29) is 23.2 Å². The van der Waals surface area contributed by atoms with Gasteiger partial charge in [0.1, 0.15) is 11.0 Å². The molecule has 2 heterocycles. The number of benzene rings is 2. The number of carbonyl (C=O) groups is 1. The second-order valence-corrected chi connectivity index (χ2v) is 11.3. The van der Waals surface area contributed by atoms with Crippen LogP contribution >= 0.6 is 23.1 Å². The molecule has 1 N–H and O–H groups in total. The van der Waals surface area contributed by atoms with Crippen molar-refractivity contribution in [3.05, 3.63) is 71.2 Å². The maximum atomic E-state index is 13.2. The van der Waals surface area contributed by atoms with Gasteiger partial charge in [-0.3, -0.25) is 4.79 Å². The first kappa shape index (κ1) is 23.0. The Morgan fingerprint density at radius 2 is 1.91 bits per heavy atom. The van der Waals surface area contributed by atoms with E-state index in [1.165, 1.54) is 27.4 Å². The zero-order valence-corrected chi connectivity index (χ0v) is 20.2. The van der Waals surface area contributed by atoms with Crippen LogP contribution in [-0.2, 0) is 27.8 Å². The summed E-state index contributed by atoms with van der Waals surface area (Å²) in [7, 11) is -3.74. The molecule has 0 spiro atoms. The Morgan fingerprint density at radius 1 is 1.16 bits per heavy atom. The van der Waals surface area contributed by atoms with Crippen molar-refractivity contribution in [3.8, 4) is 10.6 Å². The largest absolute Gasteiger partial charge is 0.349 e. The van der Waals surface area contributed by atoms with Crippen LogP contribution in [0.15, 0.2) is 64.9 Å². The minimum Gasteiger partial charge on any atom is -0.349 e. The minimum atomic E-state index is -3.74. The summed E-state index contributed by atoms with van der Waals surface area (Å²) in [5, 5.41) is 5.68. The number of aromatic nitrogens is 1. The predicted molar refractivity (Wildman–Crippen MR) is 130 cm³/mol. The lowest BCUT2D eigenvalue weighted by Crippen LogP contribution is -2.46. The molecule has 2 aromatic carbocycles. The minimum absolute atomic E-state index is 0.227. The summed E-state index contributed by atoms with van der Waals surface area (Å²) in [4.78, 5) is 17.7. The number of nitrogens with zero attached hydrogens (tertiary/aromatic N) is 2. The molecule has 4 rings (SSSR count). The van der Waals surface area contributed by atoms with Gasteiger partial charge < -0.3 is 5.32 Å². The van der Waals surface area contributed by atoms with Crippen LogP contribution in [0, 0.1) is 0 Å². The van der Waals surface area contributed by atoms with Crippen molar-refractivity contribution in [1.29, 1.82) is 0 Å². The second-order valence-electron chi connectivity index (χ2n) is 7.53. The summed E-state index contributed by atoms with van der Waals surface area (Å²) < 4.78 is 27.7. The zero-order valence-electron chi connectivity index (χ0n) is 17.7. The number of sulfonamides is 1. The van der Waals surface area contributed by atoms with Crippen molar-refractivity contribution < 1.29 is 13.2 Å². The molecule has 3 aromatic rings. The number of aryl methyl sites for hydroxylation is 1. The van der Waals surface area contributed by atoms with Crippen LogP contribution in [0.25, 0.3) is 10.6 Å². The Balaban J connectivity index is 1.41. The van der Waals surface area contributed by atoms with Gasteiger partial charge >= 0.3 is 0 Å². The number of rotatable bonds is 8. The summed E-state index contributed by atoms with van der Waals surface area (Å²) in [6.45, 7) is 2.35. The molecule has 1 aromatic heterocycles. The SMILES string of the molecule is CCCc1ccc(S(=O)(=O)N2CSCC2C(=O)NCc2csc(-c3ccccc3)n2)cc1. The Kier molecular flexibility index (Phi) is 7.30. The third-order valence-electron chi connectivity index (χ3n) is 5.23. The molecule has 9 heteroatoms. The molecule has 0 aliphatic carbocycles. The number of hydrogen-bond acceptors (Lipinski definition) is 6. The molecule has 1 aliphatic rings. The van der Waals surface area contributed by atoms with Crippen LogP contribution < -0.4 is 5.32 Å². The lowest BCUT2D eigenvalue weighted by Gasteiger charge is -2.22. The molecule has 1 unspecified atom stereocenters. The fourth-order valence-electron chi connectivity index (χ4n) is 3.52. The molecule has 168 valence electrons. The number of carbonyl (C=O) groups excluding carboxylic acids is 1. The molecular formula is C23H25N3O3S3.